The molecule has 4 heterocycles. The lowest BCUT2D eigenvalue weighted by Gasteiger charge is -2.44. The zero-order valence-electron chi connectivity index (χ0n) is 23.1. The van der Waals surface area contributed by atoms with Crippen LogP contribution in [-0.2, 0) is 9.59 Å². The van der Waals surface area contributed by atoms with E-state index in [9.17, 15) is 39.6 Å². The Kier molecular flexibility index (Phi) is 8.90. The molecule has 1 unspecified atom stereocenters. The van der Waals surface area contributed by atoms with Gasteiger partial charge in [0.1, 0.15) is 6.26 Å². The Bertz CT molecular complexity index is 1350. The van der Waals surface area contributed by atoms with Crippen molar-refractivity contribution in [3.05, 3.63) is 83.1 Å². The minimum Gasteiger partial charge on any atom is -0.479 e. The van der Waals surface area contributed by atoms with Gasteiger partial charge in [0.25, 0.3) is 17.1 Å². The zero-order valence-corrected chi connectivity index (χ0v) is 23.1. The summed E-state index contributed by atoms with van der Waals surface area (Å²) in [5.74, 6) is -6.54. The van der Waals surface area contributed by atoms with Crippen molar-refractivity contribution >= 4 is 23.5 Å². The summed E-state index contributed by atoms with van der Waals surface area (Å²) in [4.78, 5) is 51.5. The molecule has 6 rings (SSSR count). The Morgan fingerprint density at radius 1 is 0.810 bits per heavy atom. The second-order valence-corrected chi connectivity index (χ2v) is 10.5. The molecule has 3 saturated heterocycles. The van der Waals surface area contributed by atoms with Crippen LogP contribution in [0.5, 0.6) is 5.88 Å². The van der Waals surface area contributed by atoms with Gasteiger partial charge in [0.15, 0.2) is 6.23 Å². The van der Waals surface area contributed by atoms with Gasteiger partial charge < -0.3 is 29.7 Å². The second-order valence-electron chi connectivity index (χ2n) is 10.5. The molecule has 0 amide bonds. The maximum absolute atomic E-state index is 12.8. The third kappa shape index (κ3) is 5.82. The van der Waals surface area contributed by atoms with E-state index in [2.05, 4.69) is 10.1 Å². The number of carboxylic acids is 2. The smallest absolute Gasteiger partial charge is 0.348 e. The highest BCUT2D eigenvalue weighted by Gasteiger charge is 2.69. The minimum absolute atomic E-state index is 0.229. The number of ether oxygens (including phenoxy) is 1. The number of fused-ring (bicyclic) bond motifs is 3. The van der Waals surface area contributed by atoms with E-state index in [0.717, 1.165) is 36.6 Å². The van der Waals surface area contributed by atoms with Crippen molar-refractivity contribution in [2.45, 2.75) is 50.5 Å². The molecule has 1 aromatic heterocycles. The van der Waals surface area contributed by atoms with E-state index in [1.165, 1.54) is 50.2 Å². The molecule has 3 aliphatic rings. The summed E-state index contributed by atoms with van der Waals surface area (Å²) in [5.41, 5.74) is -7.27. The molecule has 3 atom stereocenters. The maximum atomic E-state index is 12.8. The summed E-state index contributed by atoms with van der Waals surface area (Å²) in [6, 6.07) is 12.1. The van der Waals surface area contributed by atoms with Crippen LogP contribution in [-0.4, -0.2) is 84.5 Å². The molecular weight excluding hydrogens is 548 g/mol. The van der Waals surface area contributed by atoms with Crippen LogP contribution in [0, 0.1) is 19.8 Å². The third-order valence-corrected chi connectivity index (χ3v) is 7.69. The topological polar surface area (TPSA) is 188 Å². The average Bonchev–Trinajstić information content (AvgIpc) is 3.50. The average molecular weight is 581 g/mol. The Morgan fingerprint density at radius 3 is 1.60 bits per heavy atom. The van der Waals surface area contributed by atoms with Crippen molar-refractivity contribution in [2.75, 3.05) is 13.1 Å². The predicted molar refractivity (Wildman–Crippen MR) is 146 cm³/mol. The lowest BCUT2D eigenvalue weighted by molar-refractivity contribution is -0.187. The van der Waals surface area contributed by atoms with Gasteiger partial charge in [-0.25, -0.2) is 9.59 Å². The first-order valence-corrected chi connectivity index (χ1v) is 13.3. The second kappa shape index (κ2) is 12.2. The predicted octanol–water partition coefficient (Wildman–Crippen LogP) is 2.50. The van der Waals surface area contributed by atoms with E-state index in [0.29, 0.717) is 17.0 Å². The number of rotatable bonds is 9. The van der Waals surface area contributed by atoms with Crippen molar-refractivity contribution < 1.29 is 48.9 Å². The van der Waals surface area contributed by atoms with E-state index in [4.69, 9.17) is 9.26 Å². The van der Waals surface area contributed by atoms with E-state index < -0.39 is 34.7 Å². The Balaban J connectivity index is 0.000000238. The number of Topliss-reactive ketones (excluding diaryl/α,β-unsaturated/α-hetero) is 2. The van der Waals surface area contributed by atoms with Crippen molar-refractivity contribution in [1.29, 1.82) is 0 Å². The van der Waals surface area contributed by atoms with Gasteiger partial charge >= 0.3 is 11.9 Å². The van der Waals surface area contributed by atoms with Crippen molar-refractivity contribution in [3.63, 3.8) is 0 Å². The normalized spacial score (nSPS) is 22.0. The largest absolute Gasteiger partial charge is 0.479 e. The van der Waals surface area contributed by atoms with Crippen LogP contribution in [0.3, 0.4) is 0 Å². The number of carbonyl (C=O) groups is 4. The Morgan fingerprint density at radius 2 is 1.26 bits per heavy atom. The van der Waals surface area contributed by atoms with Crippen LogP contribution in [0.15, 0.2) is 65.4 Å². The van der Waals surface area contributed by atoms with Gasteiger partial charge in [-0.05, 0) is 37.8 Å². The van der Waals surface area contributed by atoms with E-state index in [1.54, 1.807) is 26.2 Å². The summed E-state index contributed by atoms with van der Waals surface area (Å²) < 4.78 is 10.5. The van der Waals surface area contributed by atoms with E-state index >= 15 is 0 Å². The van der Waals surface area contributed by atoms with Gasteiger partial charge in [-0.2, -0.15) is 0 Å². The number of carboxylic acid groups (broad SMARTS) is 2. The molecule has 0 spiro atoms. The van der Waals surface area contributed by atoms with Crippen LogP contribution >= 0.6 is 0 Å². The van der Waals surface area contributed by atoms with E-state index in [1.807, 2.05) is 0 Å². The molecule has 0 aliphatic carbocycles. The summed E-state index contributed by atoms with van der Waals surface area (Å²) in [6.07, 6.45) is 5.59. The number of aliphatic carboxylic acids is 2. The lowest BCUT2D eigenvalue weighted by Crippen LogP contribution is -2.71. The monoisotopic (exact) mass is 580 g/mol. The highest BCUT2D eigenvalue weighted by atomic mass is 16.6. The van der Waals surface area contributed by atoms with Crippen molar-refractivity contribution in [3.8, 4) is 5.88 Å². The number of hydrogen-bond acceptors (Lipinski definition) is 10. The van der Waals surface area contributed by atoms with Crippen molar-refractivity contribution in [1.82, 2.24) is 10.1 Å². The van der Waals surface area contributed by atoms with Crippen LogP contribution in [0.25, 0.3) is 0 Å². The van der Waals surface area contributed by atoms with Crippen LogP contribution < -0.4 is 4.74 Å². The zero-order chi connectivity index (χ0) is 30.7. The standard InChI is InChI=1S/C20H18O8.C10H14N2O2/c1-11-3-7-13(8-4-11)15(21)19(27,17(23)24)20(28,18(25)26)16(22)14-9-5-12(2)6-10-14;1-4-12-5-2-8(1)7-10(12)14-9-3-6-13-11-9/h3-10,27-28H,1-2H3,(H,23,24)(H,25,26);3,6,8,10H,1-2,4-5,7H2/t19-,20+;. The SMILES string of the molecule is Cc1ccc(C(=O)[C@](O)(C(=O)O)[C@](O)(C(=O)O)C(=O)c2ccc(C)cc2)cc1.c1cc(OC2CC3CCN2CC3)no1. The van der Waals surface area contributed by atoms with Gasteiger partial charge in [-0.15, -0.1) is 0 Å². The molecule has 42 heavy (non-hydrogen) atoms. The van der Waals surface area contributed by atoms with E-state index in [-0.39, 0.29) is 17.4 Å². The summed E-state index contributed by atoms with van der Waals surface area (Å²) in [5, 5.41) is 44.1. The third-order valence-electron chi connectivity index (χ3n) is 7.69. The lowest BCUT2D eigenvalue weighted by atomic mass is 9.73. The molecule has 12 nitrogen and oxygen atoms in total. The van der Waals surface area contributed by atoms with Gasteiger partial charge in [0, 0.05) is 36.7 Å². The number of ketones is 2. The molecule has 3 aromatic rings. The molecule has 4 N–H and O–H groups in total. The number of aryl methyl sites for hydroxylation is 2. The first kappa shape index (κ1) is 30.6. The summed E-state index contributed by atoms with van der Waals surface area (Å²) in [7, 11) is 0. The molecule has 2 bridgehead atoms. The fourth-order valence-electron chi connectivity index (χ4n) is 5.10. The van der Waals surface area contributed by atoms with Gasteiger partial charge in [0.2, 0.25) is 11.6 Å². The first-order valence-electron chi connectivity index (χ1n) is 13.3. The number of benzene rings is 2. The number of aromatic nitrogens is 1. The van der Waals surface area contributed by atoms with Crippen LogP contribution in [0.1, 0.15) is 51.1 Å². The van der Waals surface area contributed by atoms with Crippen LogP contribution in [0.4, 0.5) is 0 Å². The molecular formula is C30H32N2O10. The quantitative estimate of drug-likeness (QED) is 0.214. The number of aliphatic hydroxyl groups is 2. The van der Waals surface area contributed by atoms with Gasteiger partial charge in [-0.1, -0.05) is 59.7 Å². The molecule has 3 aliphatic heterocycles. The first-order chi connectivity index (χ1) is 19.9. The fourth-order valence-corrected chi connectivity index (χ4v) is 5.10. The number of hydrogen-bond donors (Lipinski definition) is 4. The fraction of sp³-hybridized carbons (Fsp3) is 0.367. The summed E-state index contributed by atoms with van der Waals surface area (Å²) >= 11 is 0. The molecule has 3 fully saturated rings. The van der Waals surface area contributed by atoms with Crippen molar-refractivity contribution in [2.24, 2.45) is 5.92 Å². The number of carbonyl (C=O) groups excluding carboxylic acids is 2. The Labute approximate surface area is 241 Å². The highest BCUT2D eigenvalue weighted by molar-refractivity contribution is 6.28. The minimum atomic E-state index is -3.96. The number of piperidine rings is 3. The van der Waals surface area contributed by atoms with Gasteiger partial charge in [-0.3, -0.25) is 14.5 Å². The molecule has 2 aromatic carbocycles. The Hall–Kier alpha value is -4.39. The van der Waals surface area contributed by atoms with Crippen LogP contribution in [0.2, 0.25) is 0 Å². The summed E-state index contributed by atoms with van der Waals surface area (Å²) in [6.45, 7) is 5.72. The molecule has 222 valence electrons. The number of nitrogens with zero attached hydrogens (tertiary/aromatic N) is 2. The maximum Gasteiger partial charge on any atom is 0.348 e. The van der Waals surface area contributed by atoms with Gasteiger partial charge in [0.05, 0.1) is 0 Å². The molecule has 0 saturated carbocycles. The molecule has 0 radical (unpaired) electrons. The highest BCUT2D eigenvalue weighted by Crippen LogP contribution is 2.33. The molecule has 12 heteroatoms.